The van der Waals surface area contributed by atoms with Gasteiger partial charge in [0.1, 0.15) is 5.69 Å². The van der Waals surface area contributed by atoms with Gasteiger partial charge in [-0.1, -0.05) is 30.3 Å². The Balaban J connectivity index is 2.08. The molecule has 0 aliphatic carbocycles. The lowest BCUT2D eigenvalue weighted by Gasteiger charge is -2.16. The van der Waals surface area contributed by atoms with Crippen LogP contribution in [-0.4, -0.2) is 42.3 Å². The van der Waals surface area contributed by atoms with E-state index >= 15 is 0 Å². The zero-order valence-corrected chi connectivity index (χ0v) is 13.3. The summed E-state index contributed by atoms with van der Waals surface area (Å²) in [5.74, 6) is -0.366. The fourth-order valence-corrected chi connectivity index (χ4v) is 2.36. The summed E-state index contributed by atoms with van der Waals surface area (Å²) in [6.07, 6.45) is 0.420. The highest BCUT2D eigenvalue weighted by Gasteiger charge is 2.16. The fourth-order valence-electron chi connectivity index (χ4n) is 2.13. The molecule has 116 valence electrons. The van der Waals surface area contributed by atoms with Gasteiger partial charge in [-0.2, -0.15) is 0 Å². The van der Waals surface area contributed by atoms with Gasteiger partial charge in [-0.3, -0.25) is 9.59 Å². The third kappa shape index (κ3) is 3.31. The van der Waals surface area contributed by atoms with E-state index in [1.807, 2.05) is 12.1 Å². The number of likely N-dealkylation sites (N-methyl/N-ethyl adjacent to an activating group) is 1. The van der Waals surface area contributed by atoms with Crippen molar-refractivity contribution in [3.8, 4) is 0 Å². The lowest BCUT2D eigenvalue weighted by Crippen LogP contribution is -2.29. The summed E-state index contributed by atoms with van der Waals surface area (Å²) in [5, 5.41) is 3.97. The van der Waals surface area contributed by atoms with E-state index in [9.17, 15) is 9.59 Å². The molecule has 2 N–H and O–H groups in total. The van der Waals surface area contributed by atoms with Crippen molar-refractivity contribution in [2.45, 2.75) is 6.42 Å². The molecule has 0 fully saturated rings. The molecule has 0 atom stereocenters. The van der Waals surface area contributed by atoms with Gasteiger partial charge in [0.05, 0.1) is 10.5 Å². The molecule has 0 unspecified atom stereocenters. The second-order valence-corrected chi connectivity index (χ2v) is 5.45. The summed E-state index contributed by atoms with van der Waals surface area (Å²) in [6, 6.07) is 7.27. The lowest BCUT2D eigenvalue weighted by molar-refractivity contribution is -0.117. The molecule has 1 heterocycles. The number of hydrogen-bond donors (Lipinski definition) is 2. The van der Waals surface area contributed by atoms with Gasteiger partial charge in [0.15, 0.2) is 0 Å². The molecular formula is C16H18ClN3O2. The SMILES string of the molecule is C=C(CCN(C)C(=O)c1cc2cccc(Cl)c2[nH]1)C(=O)NC. The van der Waals surface area contributed by atoms with Crippen LogP contribution in [0.15, 0.2) is 36.4 Å². The Bertz CT molecular complexity index is 736. The number of carbonyl (C=O) groups is 2. The minimum Gasteiger partial charge on any atom is -0.355 e. The number of aromatic nitrogens is 1. The van der Waals surface area contributed by atoms with Gasteiger partial charge in [-0.15, -0.1) is 0 Å². The molecule has 2 rings (SSSR count). The molecule has 0 radical (unpaired) electrons. The summed E-state index contributed by atoms with van der Waals surface area (Å²) in [6.45, 7) is 4.11. The van der Waals surface area contributed by atoms with Gasteiger partial charge in [0.25, 0.3) is 5.91 Å². The summed E-state index contributed by atoms with van der Waals surface area (Å²) >= 11 is 6.10. The Kier molecular flexibility index (Phi) is 4.88. The number of nitrogens with zero attached hydrogens (tertiary/aromatic N) is 1. The van der Waals surface area contributed by atoms with Crippen molar-refractivity contribution in [3.05, 3.63) is 47.1 Å². The van der Waals surface area contributed by atoms with E-state index in [2.05, 4.69) is 16.9 Å². The van der Waals surface area contributed by atoms with Crippen LogP contribution in [0.25, 0.3) is 10.9 Å². The van der Waals surface area contributed by atoms with Gasteiger partial charge in [-0.25, -0.2) is 0 Å². The van der Waals surface area contributed by atoms with Gasteiger partial charge in [0.2, 0.25) is 5.91 Å². The maximum Gasteiger partial charge on any atom is 0.270 e. The van der Waals surface area contributed by atoms with Crippen LogP contribution in [0.5, 0.6) is 0 Å². The summed E-state index contributed by atoms with van der Waals surface area (Å²) < 4.78 is 0. The quantitative estimate of drug-likeness (QED) is 0.832. The number of H-pyrrole nitrogens is 1. The van der Waals surface area contributed by atoms with Crippen LogP contribution in [0.3, 0.4) is 0 Å². The smallest absolute Gasteiger partial charge is 0.270 e. The van der Waals surface area contributed by atoms with Crippen LogP contribution in [0.2, 0.25) is 5.02 Å². The van der Waals surface area contributed by atoms with Crippen molar-refractivity contribution in [2.24, 2.45) is 0 Å². The maximum absolute atomic E-state index is 12.4. The van der Waals surface area contributed by atoms with Crippen molar-refractivity contribution in [2.75, 3.05) is 20.6 Å². The van der Waals surface area contributed by atoms with Crippen LogP contribution in [0.4, 0.5) is 0 Å². The van der Waals surface area contributed by atoms with Crippen LogP contribution in [-0.2, 0) is 4.79 Å². The molecule has 0 spiro atoms. The van der Waals surface area contributed by atoms with E-state index in [-0.39, 0.29) is 11.8 Å². The van der Waals surface area contributed by atoms with Crippen LogP contribution >= 0.6 is 11.6 Å². The Labute approximate surface area is 133 Å². The minimum absolute atomic E-state index is 0.156. The number of nitrogens with one attached hydrogen (secondary N) is 2. The largest absolute Gasteiger partial charge is 0.355 e. The van der Waals surface area contributed by atoms with Gasteiger partial charge < -0.3 is 15.2 Å². The van der Waals surface area contributed by atoms with Crippen molar-refractivity contribution < 1.29 is 9.59 Å². The molecule has 1 aromatic heterocycles. The maximum atomic E-state index is 12.4. The standard InChI is InChI=1S/C16H18ClN3O2/c1-10(15(21)18-2)7-8-20(3)16(22)13-9-11-5-4-6-12(17)14(11)19-13/h4-6,9,19H,1,7-8H2,2-3H3,(H,18,21). The van der Waals surface area contributed by atoms with Crippen LogP contribution in [0.1, 0.15) is 16.9 Å². The predicted octanol–water partition coefficient (Wildman–Crippen LogP) is 2.59. The van der Waals surface area contributed by atoms with Crippen molar-refractivity contribution >= 4 is 34.3 Å². The average molecular weight is 320 g/mol. The third-order valence-corrected chi connectivity index (χ3v) is 3.79. The number of para-hydroxylation sites is 1. The number of carbonyl (C=O) groups excluding carboxylic acids is 2. The van der Waals surface area contributed by atoms with Gasteiger partial charge in [-0.05, 0) is 18.6 Å². The van der Waals surface area contributed by atoms with E-state index in [1.54, 1.807) is 31.1 Å². The topological polar surface area (TPSA) is 65.2 Å². The molecule has 0 saturated carbocycles. The van der Waals surface area contributed by atoms with Crippen molar-refractivity contribution in [1.82, 2.24) is 15.2 Å². The lowest BCUT2D eigenvalue weighted by atomic mass is 10.2. The highest BCUT2D eigenvalue weighted by molar-refractivity contribution is 6.35. The molecule has 2 aromatic rings. The number of rotatable bonds is 5. The first-order valence-electron chi connectivity index (χ1n) is 6.86. The normalized spacial score (nSPS) is 10.5. The molecule has 5 nitrogen and oxygen atoms in total. The molecule has 0 bridgehead atoms. The van der Waals surface area contributed by atoms with Crippen molar-refractivity contribution in [1.29, 1.82) is 0 Å². The average Bonchev–Trinajstić information content (AvgIpc) is 2.96. The van der Waals surface area contributed by atoms with Gasteiger partial charge in [0, 0.05) is 31.6 Å². The van der Waals surface area contributed by atoms with E-state index in [0.717, 1.165) is 10.9 Å². The Hall–Kier alpha value is -2.27. The molecule has 0 aliphatic heterocycles. The second kappa shape index (κ2) is 6.66. The van der Waals surface area contributed by atoms with Crippen LogP contribution < -0.4 is 5.32 Å². The zero-order chi connectivity index (χ0) is 16.3. The minimum atomic E-state index is -0.210. The predicted molar refractivity (Wildman–Crippen MR) is 88.1 cm³/mol. The number of benzene rings is 1. The third-order valence-electron chi connectivity index (χ3n) is 3.48. The number of aromatic amines is 1. The summed E-state index contributed by atoms with van der Waals surface area (Å²) in [4.78, 5) is 28.4. The molecule has 22 heavy (non-hydrogen) atoms. The molecule has 0 saturated heterocycles. The van der Waals surface area contributed by atoms with E-state index in [4.69, 9.17) is 11.6 Å². The first-order chi connectivity index (χ1) is 10.4. The highest BCUT2D eigenvalue weighted by Crippen LogP contribution is 2.23. The molecule has 1 aromatic carbocycles. The van der Waals surface area contributed by atoms with Crippen molar-refractivity contribution in [3.63, 3.8) is 0 Å². The van der Waals surface area contributed by atoms with Crippen LogP contribution in [0, 0.1) is 0 Å². The molecule has 0 aliphatic rings. The first kappa shape index (κ1) is 16.1. The molecule has 2 amide bonds. The Morgan fingerprint density at radius 2 is 2.14 bits per heavy atom. The number of hydrogen-bond acceptors (Lipinski definition) is 2. The Morgan fingerprint density at radius 3 is 2.77 bits per heavy atom. The number of amides is 2. The number of fused-ring (bicyclic) bond motifs is 1. The zero-order valence-electron chi connectivity index (χ0n) is 12.6. The Morgan fingerprint density at radius 1 is 1.41 bits per heavy atom. The highest BCUT2D eigenvalue weighted by atomic mass is 35.5. The van der Waals surface area contributed by atoms with E-state index in [1.165, 1.54) is 0 Å². The first-order valence-corrected chi connectivity index (χ1v) is 7.24. The fraction of sp³-hybridized carbons (Fsp3) is 0.250. The summed E-state index contributed by atoms with van der Waals surface area (Å²) in [7, 11) is 3.24. The monoisotopic (exact) mass is 319 g/mol. The summed E-state index contributed by atoms with van der Waals surface area (Å²) in [5.41, 5.74) is 1.66. The van der Waals surface area contributed by atoms with Gasteiger partial charge >= 0.3 is 0 Å². The molecule has 6 heteroatoms. The van der Waals surface area contributed by atoms with E-state index < -0.39 is 0 Å². The second-order valence-electron chi connectivity index (χ2n) is 5.05. The van der Waals surface area contributed by atoms with E-state index in [0.29, 0.717) is 29.3 Å². The number of halogens is 1. The molecular weight excluding hydrogens is 302 g/mol.